The van der Waals surface area contributed by atoms with Crippen molar-refractivity contribution in [3.05, 3.63) is 62.5 Å². The van der Waals surface area contributed by atoms with Crippen molar-refractivity contribution < 1.29 is 0 Å². The van der Waals surface area contributed by atoms with E-state index in [1.165, 1.54) is 15.6 Å². The number of hydrogen-bond acceptors (Lipinski definition) is 5. The third kappa shape index (κ3) is 2.62. The van der Waals surface area contributed by atoms with Gasteiger partial charge < -0.3 is 0 Å². The summed E-state index contributed by atoms with van der Waals surface area (Å²) in [5, 5.41) is 18.5. The van der Waals surface area contributed by atoms with Crippen molar-refractivity contribution in [1.82, 2.24) is 24.4 Å². The number of nitrogens with one attached hydrogen (secondary N) is 1. The minimum absolute atomic E-state index is 0.0172. The number of fused-ring (bicyclic) bond motifs is 1. The van der Waals surface area contributed by atoms with Crippen LogP contribution in [-0.4, -0.2) is 24.4 Å². The Kier molecular flexibility index (Phi) is 3.93. The topological polar surface area (TPSA) is 91.8 Å². The van der Waals surface area contributed by atoms with Gasteiger partial charge in [0.05, 0.1) is 18.4 Å². The van der Waals surface area contributed by atoms with E-state index in [0.717, 1.165) is 5.56 Å². The highest BCUT2D eigenvalue weighted by Crippen LogP contribution is 2.26. The molecule has 0 saturated carbocycles. The molecular weight excluding hydrogens is 348 g/mol. The highest BCUT2D eigenvalue weighted by Gasteiger charge is 2.20. The molecule has 0 spiro atoms. The summed E-state index contributed by atoms with van der Waals surface area (Å²) in [7, 11) is 0. The number of thiophene rings is 1. The molecule has 0 saturated heterocycles. The minimum atomic E-state index is -0.187. The lowest BCUT2D eigenvalue weighted by Gasteiger charge is -2.10. The van der Waals surface area contributed by atoms with Gasteiger partial charge in [0.15, 0.2) is 5.65 Å². The number of nitrogens with zero attached hydrogens (tertiary/aromatic N) is 5. The van der Waals surface area contributed by atoms with Gasteiger partial charge in [-0.3, -0.25) is 14.6 Å². The van der Waals surface area contributed by atoms with E-state index in [0.29, 0.717) is 29.0 Å². The fourth-order valence-electron chi connectivity index (χ4n) is 2.99. The summed E-state index contributed by atoms with van der Waals surface area (Å²) in [6.07, 6.45) is 5.11. The molecule has 4 aromatic heterocycles. The number of H-pyrrole nitrogens is 1. The maximum Gasteiger partial charge on any atom is 0.276 e. The molecule has 1 N–H and O–H groups in total. The van der Waals surface area contributed by atoms with Crippen molar-refractivity contribution in [1.29, 1.82) is 5.26 Å². The molecule has 0 atom stereocenters. The first-order valence-electron chi connectivity index (χ1n) is 8.18. The second kappa shape index (κ2) is 6.28. The first-order chi connectivity index (χ1) is 12.6. The van der Waals surface area contributed by atoms with Crippen LogP contribution in [0.2, 0.25) is 0 Å². The molecule has 0 aliphatic rings. The second-order valence-electron chi connectivity index (χ2n) is 6.30. The Balaban J connectivity index is 1.87. The van der Waals surface area contributed by atoms with Gasteiger partial charge in [-0.15, -0.1) is 11.3 Å². The lowest BCUT2D eigenvalue weighted by atomic mass is 10.00. The molecule has 4 heterocycles. The molecule has 4 rings (SSSR count). The summed E-state index contributed by atoms with van der Waals surface area (Å²) < 4.78 is 3.16. The van der Waals surface area contributed by atoms with E-state index in [-0.39, 0.29) is 11.5 Å². The van der Waals surface area contributed by atoms with Gasteiger partial charge in [-0.05, 0) is 17.4 Å². The number of hydrogen-bond donors (Lipinski definition) is 1. The first-order valence-corrected chi connectivity index (χ1v) is 9.05. The second-order valence-corrected chi connectivity index (χ2v) is 7.33. The molecule has 26 heavy (non-hydrogen) atoms. The Morgan fingerprint density at radius 3 is 2.96 bits per heavy atom. The molecular formula is C18H16N6OS. The molecule has 0 aliphatic heterocycles. The van der Waals surface area contributed by atoms with Crippen LogP contribution in [-0.2, 0) is 6.54 Å². The number of rotatable bonds is 4. The summed E-state index contributed by atoms with van der Waals surface area (Å²) in [4.78, 5) is 18.7. The summed E-state index contributed by atoms with van der Waals surface area (Å²) in [5.41, 5.74) is 2.44. The van der Waals surface area contributed by atoms with Gasteiger partial charge in [0, 0.05) is 28.4 Å². The molecule has 7 nitrogen and oxygen atoms in total. The van der Waals surface area contributed by atoms with E-state index in [2.05, 4.69) is 27.3 Å². The van der Waals surface area contributed by atoms with Gasteiger partial charge in [-0.1, -0.05) is 19.9 Å². The zero-order valence-corrected chi connectivity index (χ0v) is 15.1. The Morgan fingerprint density at radius 2 is 2.27 bits per heavy atom. The fourth-order valence-corrected chi connectivity index (χ4v) is 3.68. The molecule has 0 bridgehead atoms. The van der Waals surface area contributed by atoms with Crippen molar-refractivity contribution in [2.45, 2.75) is 26.3 Å². The first kappa shape index (κ1) is 16.3. The van der Waals surface area contributed by atoms with Gasteiger partial charge in [0.2, 0.25) is 0 Å². The number of aromatic amines is 1. The van der Waals surface area contributed by atoms with E-state index < -0.39 is 0 Å². The van der Waals surface area contributed by atoms with Crippen LogP contribution in [0.5, 0.6) is 0 Å². The van der Waals surface area contributed by atoms with Crippen LogP contribution in [0, 0.1) is 11.3 Å². The van der Waals surface area contributed by atoms with Gasteiger partial charge in [0.1, 0.15) is 11.6 Å². The van der Waals surface area contributed by atoms with Crippen molar-refractivity contribution in [2.75, 3.05) is 0 Å². The SMILES string of the molecule is CC(C)c1c(-c2cnn(Cc3cccs3)c2)nc2c(C#N)c[nH]n2c1=O. The van der Waals surface area contributed by atoms with E-state index in [1.807, 2.05) is 36.2 Å². The molecule has 4 aromatic rings. The summed E-state index contributed by atoms with van der Waals surface area (Å²) >= 11 is 1.67. The summed E-state index contributed by atoms with van der Waals surface area (Å²) in [5.74, 6) is -0.0172. The van der Waals surface area contributed by atoms with Crippen LogP contribution in [0.15, 0.2) is 40.9 Å². The van der Waals surface area contributed by atoms with Gasteiger partial charge in [-0.2, -0.15) is 10.4 Å². The third-order valence-corrected chi connectivity index (χ3v) is 5.06. The van der Waals surface area contributed by atoms with E-state index >= 15 is 0 Å². The molecule has 130 valence electrons. The molecule has 0 aromatic carbocycles. The zero-order chi connectivity index (χ0) is 18.3. The van der Waals surface area contributed by atoms with E-state index in [4.69, 9.17) is 0 Å². The van der Waals surface area contributed by atoms with Crippen LogP contribution >= 0.6 is 11.3 Å². The predicted octanol–water partition coefficient (Wildman–Crippen LogP) is 2.99. The molecule has 0 radical (unpaired) electrons. The zero-order valence-electron chi connectivity index (χ0n) is 14.3. The highest BCUT2D eigenvalue weighted by atomic mass is 32.1. The van der Waals surface area contributed by atoms with Crippen molar-refractivity contribution in [3.8, 4) is 17.3 Å². The lowest BCUT2D eigenvalue weighted by molar-refractivity contribution is 0.695. The Hall–Kier alpha value is -3.18. The average Bonchev–Trinajstić information content (AvgIpc) is 3.34. The van der Waals surface area contributed by atoms with Gasteiger partial charge in [-0.25, -0.2) is 9.50 Å². The average molecular weight is 364 g/mol. The standard InChI is InChI=1S/C18H16N6OS/c1-11(2)15-16(22-17-12(6-19)7-21-24(17)18(15)25)13-8-20-23(9-13)10-14-4-3-5-26-14/h3-5,7-9,11,21H,10H2,1-2H3. The van der Waals surface area contributed by atoms with Crippen LogP contribution in [0.4, 0.5) is 0 Å². The smallest absolute Gasteiger partial charge is 0.276 e. The maximum atomic E-state index is 12.9. The summed E-state index contributed by atoms with van der Waals surface area (Å²) in [6, 6.07) is 6.13. The fraction of sp³-hybridized carbons (Fsp3) is 0.222. The number of nitriles is 1. The molecule has 0 unspecified atom stereocenters. The molecule has 0 amide bonds. The van der Waals surface area contributed by atoms with E-state index in [1.54, 1.807) is 17.5 Å². The largest absolute Gasteiger partial charge is 0.295 e. The Morgan fingerprint density at radius 1 is 1.42 bits per heavy atom. The van der Waals surface area contributed by atoms with Gasteiger partial charge >= 0.3 is 0 Å². The van der Waals surface area contributed by atoms with Crippen LogP contribution in [0.3, 0.4) is 0 Å². The molecule has 0 aliphatic carbocycles. The minimum Gasteiger partial charge on any atom is -0.295 e. The Bertz CT molecular complexity index is 1170. The van der Waals surface area contributed by atoms with Gasteiger partial charge in [0.25, 0.3) is 5.56 Å². The highest BCUT2D eigenvalue weighted by molar-refractivity contribution is 7.09. The van der Waals surface area contributed by atoms with Crippen molar-refractivity contribution >= 4 is 17.0 Å². The monoisotopic (exact) mass is 364 g/mol. The predicted molar refractivity (Wildman–Crippen MR) is 99.3 cm³/mol. The lowest BCUT2D eigenvalue weighted by Crippen LogP contribution is -2.22. The maximum absolute atomic E-state index is 12.9. The Labute approximate surface area is 153 Å². The van der Waals surface area contributed by atoms with Crippen molar-refractivity contribution in [3.63, 3.8) is 0 Å². The van der Waals surface area contributed by atoms with Crippen LogP contribution in [0.25, 0.3) is 16.9 Å². The quantitative estimate of drug-likeness (QED) is 0.602. The van der Waals surface area contributed by atoms with Crippen LogP contribution < -0.4 is 5.56 Å². The number of aromatic nitrogens is 5. The van der Waals surface area contributed by atoms with Crippen molar-refractivity contribution in [2.24, 2.45) is 0 Å². The normalized spacial score (nSPS) is 11.3. The summed E-state index contributed by atoms with van der Waals surface area (Å²) in [6.45, 7) is 4.58. The van der Waals surface area contributed by atoms with E-state index in [9.17, 15) is 10.1 Å². The molecule has 0 fully saturated rings. The third-order valence-electron chi connectivity index (χ3n) is 4.20. The van der Waals surface area contributed by atoms with Crippen LogP contribution in [0.1, 0.15) is 35.8 Å². The molecule has 8 heteroatoms.